The van der Waals surface area contributed by atoms with E-state index in [2.05, 4.69) is 15.5 Å². The van der Waals surface area contributed by atoms with Crippen LogP contribution in [0.1, 0.15) is 35.7 Å². The van der Waals surface area contributed by atoms with Crippen molar-refractivity contribution < 1.29 is 28.9 Å². The second kappa shape index (κ2) is 15.1. The second-order valence-electron chi connectivity index (χ2n) is 10.2. The van der Waals surface area contributed by atoms with Crippen LogP contribution >= 0.6 is 0 Å². The van der Waals surface area contributed by atoms with Crippen LogP contribution in [0, 0.1) is 5.41 Å². The number of amides is 2. The summed E-state index contributed by atoms with van der Waals surface area (Å²) < 4.78 is 18.9. The number of nitrogens with one attached hydrogen (secondary N) is 3. The predicted octanol–water partition coefficient (Wildman–Crippen LogP) is 3.88. The van der Waals surface area contributed by atoms with E-state index in [9.17, 15) is 14.7 Å². The molecule has 2 aromatic carbocycles. The smallest absolute Gasteiger partial charge is 0.325 e. The van der Waals surface area contributed by atoms with E-state index in [1.807, 2.05) is 19.1 Å². The predicted molar refractivity (Wildman–Crippen MR) is 165 cm³/mol. The number of hydrogen-bond donors (Lipinski definition) is 4. The zero-order valence-corrected chi connectivity index (χ0v) is 24.7. The summed E-state index contributed by atoms with van der Waals surface area (Å²) in [4.78, 5) is 27.3. The van der Waals surface area contributed by atoms with E-state index < -0.39 is 0 Å². The van der Waals surface area contributed by atoms with Crippen LogP contribution in [0.2, 0.25) is 0 Å². The van der Waals surface area contributed by atoms with Crippen LogP contribution in [0.5, 0.6) is 11.5 Å². The van der Waals surface area contributed by atoms with Crippen molar-refractivity contribution in [3.63, 3.8) is 0 Å². The lowest BCUT2D eigenvalue weighted by atomic mass is 9.90. The van der Waals surface area contributed by atoms with E-state index in [1.54, 1.807) is 56.6 Å². The summed E-state index contributed by atoms with van der Waals surface area (Å²) in [6.07, 6.45) is 6.85. The molecule has 4 rings (SSSR count). The Labute approximate surface area is 251 Å². The first-order valence-corrected chi connectivity index (χ1v) is 14.3. The SMILES string of the molecule is CCOCCOc1cc2c(ccn2C(=O)NC)cc1OC(C=CNC(=O)c1ccc(C2CN(CC(C)O)C2)cc1)=CC=N. The van der Waals surface area contributed by atoms with Crippen molar-refractivity contribution in [1.29, 1.82) is 5.41 Å². The Bertz CT molecular complexity index is 1470. The lowest BCUT2D eigenvalue weighted by Gasteiger charge is -2.40. The fourth-order valence-corrected chi connectivity index (χ4v) is 4.81. The maximum absolute atomic E-state index is 12.8. The number of allylic oxidation sites excluding steroid dienone is 2. The van der Waals surface area contributed by atoms with E-state index in [0.29, 0.717) is 48.3 Å². The van der Waals surface area contributed by atoms with Crippen molar-refractivity contribution in [2.75, 3.05) is 46.5 Å². The van der Waals surface area contributed by atoms with Crippen LogP contribution in [-0.4, -0.2) is 85.3 Å². The third-order valence-corrected chi connectivity index (χ3v) is 6.94. The maximum atomic E-state index is 12.8. The van der Waals surface area contributed by atoms with Gasteiger partial charge in [-0.2, -0.15) is 0 Å². The number of β-amino-alcohol motifs (C(OH)–C–C–N with tert-alkyl or cyclic N) is 1. The van der Waals surface area contributed by atoms with Gasteiger partial charge in [0.2, 0.25) is 0 Å². The summed E-state index contributed by atoms with van der Waals surface area (Å²) in [6, 6.07) is 12.5. The molecule has 1 fully saturated rings. The number of benzene rings is 2. The largest absolute Gasteiger partial charge is 0.487 e. The third kappa shape index (κ3) is 8.31. The molecule has 1 atom stereocenters. The van der Waals surface area contributed by atoms with Gasteiger partial charge in [0.1, 0.15) is 12.4 Å². The molecule has 0 radical (unpaired) electrons. The highest BCUT2D eigenvalue weighted by molar-refractivity contribution is 5.95. The summed E-state index contributed by atoms with van der Waals surface area (Å²) >= 11 is 0. The molecular weight excluding hydrogens is 550 g/mol. The van der Waals surface area contributed by atoms with Crippen molar-refractivity contribution in [3.8, 4) is 11.5 Å². The fourth-order valence-electron chi connectivity index (χ4n) is 4.81. The first-order valence-electron chi connectivity index (χ1n) is 14.3. The lowest BCUT2D eigenvalue weighted by molar-refractivity contribution is 0.0741. The molecule has 0 saturated carbocycles. The molecule has 11 heteroatoms. The molecule has 0 bridgehead atoms. The van der Waals surface area contributed by atoms with Crippen LogP contribution in [-0.2, 0) is 4.74 Å². The molecule has 1 aromatic heterocycles. The van der Waals surface area contributed by atoms with Crippen molar-refractivity contribution >= 4 is 29.1 Å². The van der Waals surface area contributed by atoms with Crippen molar-refractivity contribution in [3.05, 3.63) is 83.9 Å². The van der Waals surface area contributed by atoms with Gasteiger partial charge in [0.25, 0.3) is 5.91 Å². The molecule has 228 valence electrons. The Hall–Kier alpha value is -4.45. The summed E-state index contributed by atoms with van der Waals surface area (Å²) in [5, 5.41) is 23.2. The Morgan fingerprint density at radius 3 is 2.58 bits per heavy atom. The van der Waals surface area contributed by atoms with E-state index >= 15 is 0 Å². The number of likely N-dealkylation sites (tertiary alicyclic amines) is 1. The number of nitrogens with zero attached hydrogens (tertiary/aromatic N) is 2. The van der Waals surface area contributed by atoms with Crippen LogP contribution in [0.4, 0.5) is 4.79 Å². The Balaban J connectivity index is 1.43. The molecule has 0 aliphatic carbocycles. The molecule has 1 aliphatic rings. The van der Waals surface area contributed by atoms with Crippen molar-refractivity contribution in [1.82, 2.24) is 20.1 Å². The highest BCUT2D eigenvalue weighted by Gasteiger charge is 2.28. The quantitative estimate of drug-likeness (QED) is 0.0969. The number of ether oxygens (including phenoxy) is 3. The number of carbonyl (C=O) groups is 2. The molecule has 3 aromatic rings. The van der Waals surface area contributed by atoms with Crippen LogP contribution < -0.4 is 20.1 Å². The highest BCUT2D eigenvalue weighted by atomic mass is 16.5. The fraction of sp³-hybridized carbons (Fsp3) is 0.344. The summed E-state index contributed by atoms with van der Waals surface area (Å²) in [6.45, 7) is 7.35. The molecule has 1 aliphatic heterocycles. The van der Waals surface area contributed by atoms with Gasteiger partial charge in [-0.25, -0.2) is 4.79 Å². The number of aliphatic hydroxyl groups is 1. The molecule has 1 saturated heterocycles. The van der Waals surface area contributed by atoms with Gasteiger partial charge in [0.05, 0.1) is 18.2 Å². The van der Waals surface area contributed by atoms with E-state index in [4.69, 9.17) is 19.6 Å². The average molecular weight is 590 g/mol. The average Bonchev–Trinajstić information content (AvgIpc) is 3.39. The minimum Gasteiger partial charge on any atom is -0.487 e. The molecule has 11 nitrogen and oxygen atoms in total. The molecule has 2 heterocycles. The van der Waals surface area contributed by atoms with E-state index in [0.717, 1.165) is 24.7 Å². The van der Waals surface area contributed by atoms with Crippen molar-refractivity contribution in [2.24, 2.45) is 0 Å². The zero-order valence-electron chi connectivity index (χ0n) is 24.7. The zero-order chi connectivity index (χ0) is 30.8. The minimum absolute atomic E-state index is 0.269. The van der Waals surface area contributed by atoms with Gasteiger partial charge in [-0.15, -0.1) is 0 Å². The van der Waals surface area contributed by atoms with Gasteiger partial charge in [-0.1, -0.05) is 12.1 Å². The molecular formula is C32H39N5O6. The Kier molecular flexibility index (Phi) is 11.1. The van der Waals surface area contributed by atoms with Crippen LogP contribution in [0.3, 0.4) is 0 Å². The van der Waals surface area contributed by atoms with E-state index in [-0.39, 0.29) is 30.4 Å². The Morgan fingerprint density at radius 2 is 1.91 bits per heavy atom. The minimum atomic E-state index is -0.340. The summed E-state index contributed by atoms with van der Waals surface area (Å²) in [5.41, 5.74) is 2.32. The number of carbonyl (C=O) groups excluding carboxylic acids is 2. The topological polar surface area (TPSA) is 138 Å². The monoisotopic (exact) mass is 589 g/mol. The van der Waals surface area contributed by atoms with Gasteiger partial charge < -0.3 is 35.4 Å². The standard InChI is InChI=1S/C32H39N5O6/c1-4-41-15-16-42-29-18-28-25(11-14-37(28)32(40)34-3)17-30(29)43-27(9-12-33)10-13-35-31(39)24-7-5-23(6-8-24)26-20-36(21-26)19-22(2)38/h5-14,17-18,22,26,33,38H,4,15-16,19-21H2,1-3H3,(H,34,40)(H,35,39). The number of aromatic nitrogens is 1. The molecule has 4 N–H and O–H groups in total. The number of hydrogen-bond acceptors (Lipinski definition) is 8. The first kappa shape index (κ1) is 31.5. The highest BCUT2D eigenvalue weighted by Crippen LogP contribution is 2.34. The van der Waals surface area contributed by atoms with Gasteiger partial charge in [0, 0.05) is 74.8 Å². The Morgan fingerprint density at radius 1 is 1.14 bits per heavy atom. The third-order valence-electron chi connectivity index (χ3n) is 6.94. The van der Waals surface area contributed by atoms with Crippen LogP contribution in [0.15, 0.2) is 72.8 Å². The molecule has 0 spiro atoms. The summed E-state index contributed by atoms with van der Waals surface area (Å²) in [5.74, 6) is 1.18. The molecule has 1 unspecified atom stereocenters. The number of aliphatic hydroxyl groups excluding tert-OH is 1. The molecule has 2 amide bonds. The van der Waals surface area contributed by atoms with Gasteiger partial charge in [0.15, 0.2) is 11.5 Å². The summed E-state index contributed by atoms with van der Waals surface area (Å²) in [7, 11) is 1.56. The molecule has 43 heavy (non-hydrogen) atoms. The van der Waals surface area contributed by atoms with E-state index in [1.165, 1.54) is 22.4 Å². The lowest BCUT2D eigenvalue weighted by Crippen LogP contribution is -2.47. The van der Waals surface area contributed by atoms with Gasteiger partial charge in [-0.05, 0) is 55.8 Å². The first-order chi connectivity index (χ1) is 20.8. The second-order valence-corrected chi connectivity index (χ2v) is 10.2. The normalized spacial score (nSPS) is 14.8. The maximum Gasteiger partial charge on any atom is 0.325 e. The van der Waals surface area contributed by atoms with Crippen LogP contribution in [0.25, 0.3) is 10.9 Å². The van der Waals surface area contributed by atoms with Crippen molar-refractivity contribution in [2.45, 2.75) is 25.9 Å². The number of rotatable bonds is 14. The van der Waals surface area contributed by atoms with Gasteiger partial charge >= 0.3 is 6.03 Å². The number of fused-ring (bicyclic) bond motifs is 1. The van der Waals surface area contributed by atoms with Gasteiger partial charge in [-0.3, -0.25) is 14.3 Å².